The monoisotopic (exact) mass is 441 g/mol. The van der Waals surface area contributed by atoms with Gasteiger partial charge in [-0.3, -0.25) is 0 Å². The Morgan fingerprint density at radius 1 is 0.773 bits per heavy atom. The zero-order chi connectivity index (χ0) is 16.0. The zero-order valence-electron chi connectivity index (χ0n) is 15.1. The van der Waals surface area contributed by atoms with Gasteiger partial charge in [0.1, 0.15) is 0 Å². The molecular formula is C19H37ClIN. The number of quaternary nitrogens is 1. The van der Waals surface area contributed by atoms with Gasteiger partial charge in [0, 0.05) is 22.6 Å². The highest BCUT2D eigenvalue weighted by molar-refractivity contribution is 14.1. The molecule has 0 rings (SSSR count). The fraction of sp³-hybridized carbons (Fsp3) is 0.895. The number of unbranched alkanes of at least 4 members (excludes halogenated alkanes) is 7. The van der Waals surface area contributed by atoms with Crippen LogP contribution in [0.3, 0.4) is 0 Å². The predicted molar refractivity (Wildman–Crippen MR) is 105 cm³/mol. The van der Waals surface area contributed by atoms with E-state index in [2.05, 4.69) is 49.3 Å². The second-order valence-electron chi connectivity index (χ2n) is 6.37. The molecule has 3 heteroatoms. The Labute approximate surface area is 160 Å². The minimum atomic E-state index is 0. The molecule has 0 aromatic heterocycles. The molecule has 1 unspecified atom stereocenters. The molecule has 0 aliphatic heterocycles. The summed E-state index contributed by atoms with van der Waals surface area (Å²) >= 11 is 2.52. The Kier molecular flexibility index (Phi) is 18.5. The fourth-order valence-corrected chi connectivity index (χ4v) is 3.85. The number of rotatable bonds is 14. The fourth-order valence-electron chi connectivity index (χ4n) is 3.01. The molecule has 0 saturated carbocycles. The molecule has 0 fully saturated rings. The molecule has 0 radical (unpaired) electrons. The molecule has 132 valence electrons. The molecule has 0 spiro atoms. The largest absolute Gasteiger partial charge is 1.00 e. The van der Waals surface area contributed by atoms with Crippen molar-refractivity contribution < 1.29 is 16.9 Å². The minimum absolute atomic E-state index is 0. The maximum atomic E-state index is 5.82. The third kappa shape index (κ3) is 10.3. The first-order valence-corrected chi connectivity index (χ1v) is 10.4. The molecule has 0 aliphatic rings. The molecule has 0 N–H and O–H groups in total. The van der Waals surface area contributed by atoms with E-state index in [4.69, 9.17) is 6.42 Å². The molecule has 0 saturated heterocycles. The van der Waals surface area contributed by atoms with Gasteiger partial charge >= 0.3 is 0 Å². The maximum absolute atomic E-state index is 5.82. The van der Waals surface area contributed by atoms with Crippen LogP contribution < -0.4 is 12.4 Å². The van der Waals surface area contributed by atoms with Gasteiger partial charge in [0.15, 0.2) is 0 Å². The summed E-state index contributed by atoms with van der Waals surface area (Å²) in [5.74, 6) is 3.06. The summed E-state index contributed by atoms with van der Waals surface area (Å²) in [6.45, 7) is 10.7. The van der Waals surface area contributed by atoms with Crippen LogP contribution in [0.2, 0.25) is 0 Å². The van der Waals surface area contributed by atoms with E-state index in [9.17, 15) is 0 Å². The van der Waals surface area contributed by atoms with E-state index in [1.54, 1.807) is 0 Å². The number of hydrogen-bond donors (Lipinski definition) is 0. The van der Waals surface area contributed by atoms with Crippen molar-refractivity contribution in [3.8, 4) is 12.3 Å². The average molecular weight is 442 g/mol. The number of halogens is 2. The van der Waals surface area contributed by atoms with Crippen LogP contribution in [-0.4, -0.2) is 28.2 Å². The Balaban J connectivity index is 0. The summed E-state index contributed by atoms with van der Waals surface area (Å²) in [7, 11) is 0. The lowest BCUT2D eigenvalue weighted by Crippen LogP contribution is -3.00. The van der Waals surface area contributed by atoms with E-state index < -0.39 is 0 Å². The lowest BCUT2D eigenvalue weighted by atomic mass is 10.1. The third-order valence-electron chi connectivity index (χ3n) is 4.49. The van der Waals surface area contributed by atoms with Crippen LogP contribution >= 0.6 is 22.6 Å². The van der Waals surface area contributed by atoms with Gasteiger partial charge in [0.25, 0.3) is 0 Å². The lowest BCUT2D eigenvalue weighted by Gasteiger charge is -2.41. The molecule has 0 aromatic rings. The Morgan fingerprint density at radius 3 is 1.55 bits per heavy atom. The average Bonchev–Trinajstić information content (AvgIpc) is 2.51. The van der Waals surface area contributed by atoms with Crippen LogP contribution in [-0.2, 0) is 0 Å². The third-order valence-corrected chi connectivity index (χ3v) is 6.03. The molecule has 0 heterocycles. The SMILES string of the molecule is C#CC(I)[N+](CCCC)(CCCCCC)CCCCCC.[Cl-]. The molecule has 1 nitrogen and oxygen atoms in total. The van der Waals surface area contributed by atoms with Gasteiger partial charge in [0.2, 0.25) is 4.05 Å². The Morgan fingerprint density at radius 2 is 1.18 bits per heavy atom. The minimum Gasteiger partial charge on any atom is -1.00 e. The highest BCUT2D eigenvalue weighted by atomic mass is 127. The number of nitrogens with zero attached hydrogens (tertiary/aromatic N) is 1. The van der Waals surface area contributed by atoms with Gasteiger partial charge in [-0.25, -0.2) is 0 Å². The topological polar surface area (TPSA) is 0 Å². The van der Waals surface area contributed by atoms with Gasteiger partial charge in [-0.05, 0) is 38.0 Å². The Hall–Kier alpha value is 0.540. The van der Waals surface area contributed by atoms with Crippen LogP contribution in [0, 0.1) is 12.3 Å². The quantitative estimate of drug-likeness (QED) is 0.0970. The van der Waals surface area contributed by atoms with Crippen LogP contribution in [0.5, 0.6) is 0 Å². The molecule has 22 heavy (non-hydrogen) atoms. The number of terminal acetylenes is 1. The van der Waals surface area contributed by atoms with E-state index in [0.717, 1.165) is 0 Å². The van der Waals surface area contributed by atoms with Gasteiger partial charge in [-0.15, -0.1) is 6.42 Å². The van der Waals surface area contributed by atoms with Crippen molar-refractivity contribution in [2.75, 3.05) is 19.6 Å². The molecule has 0 aromatic carbocycles. The van der Waals surface area contributed by atoms with Crippen molar-refractivity contribution in [3.63, 3.8) is 0 Å². The summed E-state index contributed by atoms with van der Waals surface area (Å²) in [5.41, 5.74) is 0. The van der Waals surface area contributed by atoms with Crippen molar-refractivity contribution in [1.82, 2.24) is 0 Å². The summed E-state index contributed by atoms with van der Waals surface area (Å²) in [6.07, 6.45) is 19.2. The Bertz CT molecular complexity index is 263. The number of alkyl halides is 1. The van der Waals surface area contributed by atoms with Crippen molar-refractivity contribution in [1.29, 1.82) is 0 Å². The van der Waals surface area contributed by atoms with E-state index in [-0.39, 0.29) is 12.4 Å². The van der Waals surface area contributed by atoms with E-state index in [1.165, 1.54) is 88.3 Å². The molecule has 0 bridgehead atoms. The first-order valence-electron chi connectivity index (χ1n) is 9.12. The van der Waals surface area contributed by atoms with Crippen molar-refractivity contribution in [2.24, 2.45) is 0 Å². The van der Waals surface area contributed by atoms with Crippen LogP contribution in [0.15, 0.2) is 0 Å². The summed E-state index contributed by atoms with van der Waals surface area (Å²) in [6, 6.07) is 0. The summed E-state index contributed by atoms with van der Waals surface area (Å²) in [4.78, 5) is 0. The highest BCUT2D eigenvalue weighted by Crippen LogP contribution is 2.24. The van der Waals surface area contributed by atoms with Crippen LogP contribution in [0.25, 0.3) is 0 Å². The lowest BCUT2D eigenvalue weighted by molar-refractivity contribution is -0.927. The van der Waals surface area contributed by atoms with Crippen molar-refractivity contribution in [2.45, 2.75) is 89.0 Å². The molecule has 1 atom stereocenters. The van der Waals surface area contributed by atoms with Gasteiger partial charge in [0.05, 0.1) is 19.6 Å². The van der Waals surface area contributed by atoms with Gasteiger partial charge < -0.3 is 16.9 Å². The molecular weight excluding hydrogens is 405 g/mol. The first-order chi connectivity index (χ1) is 10.2. The standard InChI is InChI=1S/C19H37IN.ClH/c1-5-9-12-14-17-21(16-11-7-3,19(20)8-4)18-15-13-10-6-2;/h4,19H,5-7,9-18H2,1-3H3;1H/q+1;/p-1. The van der Waals surface area contributed by atoms with Crippen molar-refractivity contribution in [3.05, 3.63) is 0 Å². The van der Waals surface area contributed by atoms with E-state index in [0.29, 0.717) is 4.05 Å². The zero-order valence-corrected chi connectivity index (χ0v) is 18.0. The smallest absolute Gasteiger partial charge is 0.200 e. The van der Waals surface area contributed by atoms with Crippen LogP contribution in [0.4, 0.5) is 0 Å². The van der Waals surface area contributed by atoms with Gasteiger partial charge in [-0.1, -0.05) is 52.9 Å². The van der Waals surface area contributed by atoms with Crippen LogP contribution in [0.1, 0.15) is 85.0 Å². The second kappa shape index (κ2) is 16.4. The predicted octanol–water partition coefficient (Wildman–Crippen LogP) is 3.16. The summed E-state index contributed by atoms with van der Waals surface area (Å²) < 4.78 is 1.51. The first kappa shape index (κ1) is 24.8. The van der Waals surface area contributed by atoms with E-state index in [1.807, 2.05) is 0 Å². The maximum Gasteiger partial charge on any atom is 0.200 e. The molecule has 0 amide bonds. The van der Waals surface area contributed by atoms with Gasteiger partial charge in [-0.2, -0.15) is 0 Å². The normalized spacial score (nSPS) is 12.5. The molecule has 0 aliphatic carbocycles. The van der Waals surface area contributed by atoms with E-state index >= 15 is 0 Å². The highest BCUT2D eigenvalue weighted by Gasteiger charge is 2.32. The summed E-state index contributed by atoms with van der Waals surface area (Å²) in [5, 5.41) is 0. The number of hydrogen-bond acceptors (Lipinski definition) is 0. The second-order valence-corrected chi connectivity index (χ2v) is 7.55. The van der Waals surface area contributed by atoms with Crippen molar-refractivity contribution >= 4 is 22.6 Å².